The molecule has 2 aliphatic heterocycles. The molecular formula is C27H25F3N4O2S2. The standard InChI is InChI=1S/C27H25F3N4O2S2/c28-27(29,30)24-5-4-22(37-24)20-14-18(6-10-31-20)3-1-2-17-8-12-34(13-9-17)26-32-11-7-19(33-26)15-23-21(35)16-25(36)38-23/h4-7,10-11,14-15,17H,1-3,8-9,12-13,16H2/b23-15-. The van der Waals surface area contributed by atoms with Crippen molar-refractivity contribution in [2.45, 2.75) is 44.7 Å². The van der Waals surface area contributed by atoms with Crippen LogP contribution in [0.2, 0.25) is 0 Å². The molecule has 0 aliphatic carbocycles. The lowest BCUT2D eigenvalue weighted by molar-refractivity contribution is -0.134. The minimum Gasteiger partial charge on any atom is -0.341 e. The van der Waals surface area contributed by atoms with Crippen molar-refractivity contribution < 1.29 is 22.8 Å². The molecule has 5 rings (SSSR count). The fourth-order valence-corrected chi connectivity index (χ4v) is 6.34. The van der Waals surface area contributed by atoms with Crippen molar-refractivity contribution in [2.24, 2.45) is 5.92 Å². The molecule has 38 heavy (non-hydrogen) atoms. The van der Waals surface area contributed by atoms with E-state index < -0.39 is 11.1 Å². The fourth-order valence-electron chi connectivity index (χ4n) is 4.68. The Morgan fingerprint density at radius 1 is 1.05 bits per heavy atom. The van der Waals surface area contributed by atoms with Crippen LogP contribution < -0.4 is 4.90 Å². The second-order valence-corrected chi connectivity index (χ2v) is 11.6. The Kier molecular flexibility index (Phi) is 7.94. The lowest BCUT2D eigenvalue weighted by atomic mass is 9.91. The van der Waals surface area contributed by atoms with Crippen LogP contribution in [-0.4, -0.2) is 38.9 Å². The molecule has 0 unspecified atom stereocenters. The highest BCUT2D eigenvalue weighted by atomic mass is 32.2. The van der Waals surface area contributed by atoms with Crippen molar-refractivity contribution in [3.63, 3.8) is 0 Å². The number of aryl methyl sites for hydroxylation is 1. The second kappa shape index (κ2) is 11.4. The summed E-state index contributed by atoms with van der Waals surface area (Å²) in [6, 6.07) is 8.15. The summed E-state index contributed by atoms with van der Waals surface area (Å²) in [5.74, 6) is 1.06. The number of carbonyl (C=O) groups is 2. The molecule has 0 N–H and O–H groups in total. The van der Waals surface area contributed by atoms with Crippen LogP contribution in [0.4, 0.5) is 19.1 Å². The number of ketones is 1. The SMILES string of the molecule is O=C1CC(=O)/C(=C/c2ccnc(N3CCC(CCCc4ccnc(-c5ccc(C(F)(F)F)s5)c4)CC3)n2)S1. The van der Waals surface area contributed by atoms with Crippen molar-refractivity contribution in [1.82, 2.24) is 15.0 Å². The number of rotatable bonds is 7. The smallest absolute Gasteiger partial charge is 0.341 e. The van der Waals surface area contributed by atoms with Gasteiger partial charge in [-0.05, 0) is 91.8 Å². The van der Waals surface area contributed by atoms with E-state index in [1.807, 2.05) is 12.1 Å². The van der Waals surface area contributed by atoms with Crippen LogP contribution in [0.3, 0.4) is 0 Å². The van der Waals surface area contributed by atoms with E-state index in [1.165, 1.54) is 6.07 Å². The maximum absolute atomic E-state index is 12.9. The fraction of sp³-hybridized carbons (Fsp3) is 0.370. The molecule has 6 nitrogen and oxygen atoms in total. The van der Waals surface area contributed by atoms with Crippen LogP contribution >= 0.6 is 23.1 Å². The van der Waals surface area contributed by atoms with Gasteiger partial charge >= 0.3 is 6.18 Å². The highest BCUT2D eigenvalue weighted by Crippen LogP contribution is 2.38. The molecule has 0 spiro atoms. The van der Waals surface area contributed by atoms with Crippen LogP contribution in [0.1, 0.15) is 48.2 Å². The number of allylic oxidation sites excluding steroid dienone is 1. The van der Waals surface area contributed by atoms with Gasteiger partial charge in [0.1, 0.15) is 4.88 Å². The molecule has 3 aromatic heterocycles. The largest absolute Gasteiger partial charge is 0.425 e. The van der Waals surface area contributed by atoms with Crippen molar-refractivity contribution in [3.8, 4) is 10.6 Å². The van der Waals surface area contributed by atoms with Crippen molar-refractivity contribution in [3.05, 3.63) is 63.8 Å². The summed E-state index contributed by atoms with van der Waals surface area (Å²) in [4.78, 5) is 39.1. The zero-order valence-corrected chi connectivity index (χ0v) is 22.0. The summed E-state index contributed by atoms with van der Waals surface area (Å²) < 4.78 is 38.8. The molecule has 2 fully saturated rings. The van der Waals surface area contributed by atoms with Gasteiger partial charge < -0.3 is 4.90 Å². The van der Waals surface area contributed by atoms with Crippen molar-refractivity contribution in [1.29, 1.82) is 0 Å². The van der Waals surface area contributed by atoms with Gasteiger partial charge in [-0.3, -0.25) is 14.6 Å². The van der Waals surface area contributed by atoms with Gasteiger partial charge in [-0.2, -0.15) is 13.2 Å². The third kappa shape index (κ3) is 6.50. The molecule has 198 valence electrons. The second-order valence-electron chi connectivity index (χ2n) is 9.40. The predicted molar refractivity (Wildman–Crippen MR) is 143 cm³/mol. The highest BCUT2D eigenvalue weighted by Gasteiger charge is 2.32. The first kappa shape index (κ1) is 26.6. The third-order valence-corrected chi connectivity index (χ3v) is 8.77. The molecule has 2 aliphatic rings. The Hall–Kier alpha value is -3.05. The summed E-state index contributed by atoms with van der Waals surface area (Å²) in [6.07, 6.45) is 5.58. The molecule has 11 heteroatoms. The summed E-state index contributed by atoms with van der Waals surface area (Å²) in [5.41, 5.74) is 2.28. The summed E-state index contributed by atoms with van der Waals surface area (Å²) in [7, 11) is 0. The number of carbonyl (C=O) groups excluding carboxylic acids is 2. The molecular weight excluding hydrogens is 533 g/mol. The van der Waals surface area contributed by atoms with Crippen LogP contribution in [0.5, 0.6) is 0 Å². The minimum atomic E-state index is -4.33. The Labute approximate surface area is 226 Å². The maximum atomic E-state index is 12.9. The van der Waals surface area contributed by atoms with E-state index in [0.717, 1.165) is 79.9 Å². The number of pyridine rings is 1. The molecule has 0 saturated carbocycles. The molecule has 0 amide bonds. The first-order chi connectivity index (χ1) is 18.2. The Morgan fingerprint density at radius 2 is 1.84 bits per heavy atom. The molecule has 5 heterocycles. The molecule has 0 bridgehead atoms. The average Bonchev–Trinajstić information content (AvgIpc) is 3.52. The first-order valence-electron chi connectivity index (χ1n) is 12.4. The van der Waals surface area contributed by atoms with Gasteiger partial charge in [0.15, 0.2) is 5.78 Å². The molecule has 0 atom stereocenters. The predicted octanol–water partition coefficient (Wildman–Crippen LogP) is 6.43. The monoisotopic (exact) mass is 558 g/mol. The number of piperidine rings is 1. The van der Waals surface area contributed by atoms with Gasteiger partial charge in [0.05, 0.1) is 27.6 Å². The number of halogens is 3. The van der Waals surface area contributed by atoms with Gasteiger partial charge in [-0.1, -0.05) is 0 Å². The Morgan fingerprint density at radius 3 is 2.55 bits per heavy atom. The molecule has 0 aromatic carbocycles. The number of thiophene rings is 1. The number of hydrogen-bond acceptors (Lipinski definition) is 8. The number of thioether (sulfide) groups is 1. The van der Waals surface area contributed by atoms with Crippen LogP contribution in [0.25, 0.3) is 16.6 Å². The topological polar surface area (TPSA) is 76.1 Å². The zero-order chi connectivity index (χ0) is 26.7. The maximum Gasteiger partial charge on any atom is 0.425 e. The van der Waals surface area contributed by atoms with E-state index in [1.54, 1.807) is 24.5 Å². The zero-order valence-electron chi connectivity index (χ0n) is 20.4. The Bertz CT molecular complexity index is 1360. The molecule has 0 radical (unpaired) electrons. The lowest BCUT2D eigenvalue weighted by Crippen LogP contribution is -2.35. The quantitative estimate of drug-likeness (QED) is 0.244. The van der Waals surface area contributed by atoms with Crippen LogP contribution in [-0.2, 0) is 22.2 Å². The lowest BCUT2D eigenvalue weighted by Gasteiger charge is -2.32. The summed E-state index contributed by atoms with van der Waals surface area (Å²) in [5, 5.41) is -0.135. The number of nitrogens with zero attached hydrogens (tertiary/aromatic N) is 4. The number of anilines is 1. The van der Waals surface area contributed by atoms with Gasteiger partial charge in [-0.25, -0.2) is 9.97 Å². The normalized spacial score (nSPS) is 18.1. The average molecular weight is 559 g/mol. The van der Waals surface area contributed by atoms with E-state index in [9.17, 15) is 22.8 Å². The van der Waals surface area contributed by atoms with E-state index in [2.05, 4.69) is 19.9 Å². The van der Waals surface area contributed by atoms with Gasteiger partial charge in [0.2, 0.25) is 11.1 Å². The van der Waals surface area contributed by atoms with Crippen molar-refractivity contribution >= 4 is 46.0 Å². The number of hydrogen-bond donors (Lipinski definition) is 0. The molecule has 3 aromatic rings. The number of aromatic nitrogens is 3. The van der Waals surface area contributed by atoms with Gasteiger partial charge in [-0.15, -0.1) is 11.3 Å². The van der Waals surface area contributed by atoms with Crippen molar-refractivity contribution in [2.75, 3.05) is 18.0 Å². The van der Waals surface area contributed by atoms with E-state index >= 15 is 0 Å². The van der Waals surface area contributed by atoms with Gasteiger partial charge in [0.25, 0.3) is 0 Å². The highest BCUT2D eigenvalue weighted by molar-refractivity contribution is 8.18. The van der Waals surface area contributed by atoms with Gasteiger partial charge in [0, 0.05) is 25.5 Å². The van der Waals surface area contributed by atoms with E-state index in [0.29, 0.717) is 33.0 Å². The number of Topliss-reactive ketones (excluding diaryl/α,β-unsaturated/α-hetero) is 1. The third-order valence-electron chi connectivity index (χ3n) is 6.68. The minimum absolute atomic E-state index is 0.0539. The summed E-state index contributed by atoms with van der Waals surface area (Å²) in [6.45, 7) is 1.69. The van der Waals surface area contributed by atoms with E-state index in [-0.39, 0.29) is 17.3 Å². The Balaban J connectivity index is 1.11. The van der Waals surface area contributed by atoms with Crippen LogP contribution in [0.15, 0.2) is 47.6 Å². The number of alkyl halides is 3. The summed E-state index contributed by atoms with van der Waals surface area (Å²) >= 11 is 1.69. The van der Waals surface area contributed by atoms with Crippen LogP contribution in [0, 0.1) is 5.92 Å². The van der Waals surface area contributed by atoms with E-state index in [4.69, 9.17) is 0 Å². The first-order valence-corrected chi connectivity index (χ1v) is 14.0. The molecule has 2 saturated heterocycles.